The van der Waals surface area contributed by atoms with Gasteiger partial charge in [0.05, 0.1) is 18.1 Å². The smallest absolute Gasteiger partial charge is 0.475 e. The van der Waals surface area contributed by atoms with Gasteiger partial charge in [-0.05, 0) is 56.3 Å². The summed E-state index contributed by atoms with van der Waals surface area (Å²) in [7, 11) is 0. The molecule has 15 nitrogen and oxygen atoms in total. The van der Waals surface area contributed by atoms with E-state index in [0.29, 0.717) is 38.6 Å². The maximum atomic E-state index is 13.8. The third-order valence-electron chi connectivity index (χ3n) is 8.60. The first-order valence-electron chi connectivity index (χ1n) is 18.1. The fraction of sp³-hybridized carbons (Fsp3) is 0.474. The van der Waals surface area contributed by atoms with Crippen LogP contribution in [0.15, 0.2) is 60.8 Å². The number of H-pyrrole nitrogens is 1. The number of carboxylic acid groups (broad SMARTS) is 1. The van der Waals surface area contributed by atoms with Gasteiger partial charge in [0.15, 0.2) is 0 Å². The standard InChI is InChI=1S/C36H51N7O6.C2HF3O2/c1-23(44)32(41-24(2)45)20-34(47)40-21-26(12-8-9-15-37)36(49)43-29(17-27-22-39-31-14-7-6-13-30(27)31)19-35(48)42-28(18-33(38)46)16-25-10-4-3-5-11-25;3-2(4,5)1(6)7/h3-7,10-11,13-14,22-23,26,28-29,32,39,44H,8-9,12,15-21,37H2,1-2H3,(H2,38,46)(H,40,47)(H,41,45)(H,42,48)(H,43,49);(H,6,7)/t23-,26+,28-,29+,32-;/m1./s1. The van der Waals surface area contributed by atoms with E-state index in [1.54, 1.807) is 0 Å². The third kappa shape index (κ3) is 17.8. The molecule has 0 saturated carbocycles. The number of fused-ring (bicyclic) bond motifs is 1. The number of amides is 5. The molecular formula is C38H52F3N7O8. The number of hydrogen-bond acceptors (Lipinski definition) is 8. The molecule has 0 aliphatic rings. The number of aromatic nitrogens is 1. The molecule has 3 aromatic rings. The van der Waals surface area contributed by atoms with E-state index in [9.17, 15) is 42.3 Å². The van der Waals surface area contributed by atoms with Crippen molar-refractivity contribution in [2.45, 2.75) is 95.6 Å². The molecule has 3 rings (SSSR count). The first kappa shape index (κ1) is 46.7. The molecule has 2 aromatic carbocycles. The van der Waals surface area contributed by atoms with Crippen LogP contribution in [0.1, 0.15) is 63.5 Å². The van der Waals surface area contributed by atoms with Crippen molar-refractivity contribution in [2.75, 3.05) is 13.1 Å². The SMILES string of the molecule is CC(=O)N[C@H](CC(=O)NC[C@H](CCCCN)C(=O)N[C@H](CC(=O)N[C@@H](CC(N)=O)Cc1ccccc1)Cc1c[nH]c2ccccc12)[C@@H](C)O.O=C(O)C(F)(F)F. The van der Waals surface area contributed by atoms with Gasteiger partial charge < -0.3 is 47.9 Å². The highest BCUT2D eigenvalue weighted by atomic mass is 19.4. The van der Waals surface area contributed by atoms with Crippen LogP contribution in [0.3, 0.4) is 0 Å². The van der Waals surface area contributed by atoms with E-state index in [1.165, 1.54) is 13.8 Å². The van der Waals surface area contributed by atoms with Gasteiger partial charge in [-0.15, -0.1) is 0 Å². The summed E-state index contributed by atoms with van der Waals surface area (Å²) in [6, 6.07) is 15.3. The molecule has 56 heavy (non-hydrogen) atoms. The van der Waals surface area contributed by atoms with Crippen molar-refractivity contribution in [1.82, 2.24) is 26.3 Å². The van der Waals surface area contributed by atoms with Gasteiger partial charge in [-0.3, -0.25) is 24.0 Å². The maximum absolute atomic E-state index is 13.8. The zero-order valence-corrected chi connectivity index (χ0v) is 31.4. The fourth-order valence-corrected chi connectivity index (χ4v) is 5.86. The summed E-state index contributed by atoms with van der Waals surface area (Å²) in [5, 5.41) is 29.5. The lowest BCUT2D eigenvalue weighted by molar-refractivity contribution is -0.192. The first-order chi connectivity index (χ1) is 26.4. The molecule has 11 N–H and O–H groups in total. The molecule has 5 amide bonds. The van der Waals surface area contributed by atoms with Crippen LogP contribution in [0.4, 0.5) is 13.2 Å². The van der Waals surface area contributed by atoms with Gasteiger partial charge in [0.2, 0.25) is 29.5 Å². The second-order valence-electron chi connectivity index (χ2n) is 13.4. The number of aliphatic hydroxyl groups excluding tert-OH is 1. The topological polar surface area (TPSA) is 259 Å². The number of nitrogens with one attached hydrogen (secondary N) is 5. The zero-order chi connectivity index (χ0) is 41.8. The number of halogens is 3. The number of alkyl halides is 3. The number of carboxylic acids is 1. The molecule has 0 aliphatic carbocycles. The van der Waals surface area contributed by atoms with Crippen LogP contribution < -0.4 is 32.7 Å². The van der Waals surface area contributed by atoms with E-state index in [-0.39, 0.29) is 43.5 Å². The molecular weight excluding hydrogens is 739 g/mol. The minimum absolute atomic E-state index is 0.0194. The van der Waals surface area contributed by atoms with Crippen molar-refractivity contribution in [2.24, 2.45) is 17.4 Å². The first-order valence-corrected chi connectivity index (χ1v) is 18.1. The number of para-hydroxylation sites is 1. The number of benzene rings is 2. The summed E-state index contributed by atoms with van der Waals surface area (Å²) in [6.07, 6.45) is -1.91. The van der Waals surface area contributed by atoms with Crippen molar-refractivity contribution in [1.29, 1.82) is 0 Å². The van der Waals surface area contributed by atoms with Gasteiger partial charge >= 0.3 is 12.1 Å². The molecule has 0 aliphatic heterocycles. The van der Waals surface area contributed by atoms with E-state index in [1.807, 2.05) is 60.8 Å². The molecule has 0 bridgehead atoms. The fourth-order valence-electron chi connectivity index (χ4n) is 5.86. The number of nitrogens with two attached hydrogens (primary N) is 2. The second kappa shape index (κ2) is 23.4. The number of aromatic amines is 1. The summed E-state index contributed by atoms with van der Waals surface area (Å²) in [5.41, 5.74) is 14.0. The summed E-state index contributed by atoms with van der Waals surface area (Å²) in [4.78, 5) is 75.6. The van der Waals surface area contributed by atoms with Gasteiger partial charge in [0.25, 0.3) is 0 Å². The van der Waals surface area contributed by atoms with Crippen molar-refractivity contribution in [3.8, 4) is 0 Å². The highest BCUT2D eigenvalue weighted by Crippen LogP contribution is 2.21. The summed E-state index contributed by atoms with van der Waals surface area (Å²) in [6.45, 7) is 3.26. The number of rotatable bonds is 21. The predicted octanol–water partition coefficient (Wildman–Crippen LogP) is 1.96. The number of carbonyl (C=O) groups excluding carboxylic acids is 5. The minimum Gasteiger partial charge on any atom is -0.475 e. The molecule has 0 fully saturated rings. The monoisotopic (exact) mass is 791 g/mol. The lowest BCUT2D eigenvalue weighted by Crippen LogP contribution is -2.48. The van der Waals surface area contributed by atoms with E-state index in [4.69, 9.17) is 21.4 Å². The Morgan fingerprint density at radius 2 is 1.46 bits per heavy atom. The average Bonchev–Trinajstić information content (AvgIpc) is 3.51. The predicted molar refractivity (Wildman–Crippen MR) is 201 cm³/mol. The van der Waals surface area contributed by atoms with Crippen LogP contribution in [-0.2, 0) is 41.6 Å². The quantitative estimate of drug-likeness (QED) is 0.0714. The van der Waals surface area contributed by atoms with Gasteiger partial charge in [-0.1, -0.05) is 55.0 Å². The Morgan fingerprint density at radius 3 is 2.05 bits per heavy atom. The molecule has 1 aromatic heterocycles. The van der Waals surface area contributed by atoms with Crippen molar-refractivity contribution in [3.05, 3.63) is 71.9 Å². The van der Waals surface area contributed by atoms with Crippen LogP contribution in [0.5, 0.6) is 0 Å². The minimum atomic E-state index is -5.08. The molecule has 1 heterocycles. The molecule has 308 valence electrons. The highest BCUT2D eigenvalue weighted by Gasteiger charge is 2.38. The van der Waals surface area contributed by atoms with Crippen LogP contribution in [-0.4, -0.2) is 94.2 Å². The molecule has 0 unspecified atom stereocenters. The van der Waals surface area contributed by atoms with Gasteiger partial charge in [0.1, 0.15) is 0 Å². The number of carbonyl (C=O) groups is 6. The van der Waals surface area contributed by atoms with E-state index in [0.717, 1.165) is 22.0 Å². The summed E-state index contributed by atoms with van der Waals surface area (Å²) < 4.78 is 31.7. The van der Waals surface area contributed by atoms with Crippen LogP contribution in [0.25, 0.3) is 10.9 Å². The van der Waals surface area contributed by atoms with Gasteiger partial charge in [-0.25, -0.2) is 4.79 Å². The number of hydrogen-bond donors (Lipinski definition) is 9. The largest absolute Gasteiger partial charge is 0.490 e. The van der Waals surface area contributed by atoms with Crippen molar-refractivity contribution in [3.63, 3.8) is 0 Å². The number of unbranched alkanes of at least 4 members (excludes halogenated alkanes) is 1. The lowest BCUT2D eigenvalue weighted by Gasteiger charge is -2.25. The molecule has 0 saturated heterocycles. The Hall–Kier alpha value is -5.49. The van der Waals surface area contributed by atoms with E-state index in [2.05, 4.69) is 26.3 Å². The number of aliphatic carboxylic acids is 1. The molecule has 0 radical (unpaired) electrons. The Morgan fingerprint density at radius 1 is 0.839 bits per heavy atom. The highest BCUT2D eigenvalue weighted by molar-refractivity contribution is 5.85. The zero-order valence-electron chi connectivity index (χ0n) is 31.4. The Labute approximate surface area is 322 Å². The Bertz CT molecular complexity index is 1740. The lowest BCUT2D eigenvalue weighted by atomic mass is 9.97. The average molecular weight is 792 g/mol. The molecule has 18 heteroatoms. The van der Waals surface area contributed by atoms with E-state index < -0.39 is 54.1 Å². The Balaban J connectivity index is 0.00000141. The Kier molecular flexibility index (Phi) is 19.5. The van der Waals surface area contributed by atoms with Gasteiger partial charge in [0, 0.05) is 61.9 Å². The summed E-state index contributed by atoms with van der Waals surface area (Å²) >= 11 is 0. The van der Waals surface area contributed by atoms with Crippen LogP contribution >= 0.6 is 0 Å². The molecule has 0 spiro atoms. The van der Waals surface area contributed by atoms with Crippen LogP contribution in [0, 0.1) is 5.92 Å². The maximum Gasteiger partial charge on any atom is 0.490 e. The number of primary amides is 1. The summed E-state index contributed by atoms with van der Waals surface area (Å²) in [5.74, 6) is -5.40. The normalized spacial score (nSPS) is 13.8. The van der Waals surface area contributed by atoms with Crippen LogP contribution in [0.2, 0.25) is 0 Å². The third-order valence-corrected chi connectivity index (χ3v) is 8.60. The number of aliphatic hydroxyl groups is 1. The van der Waals surface area contributed by atoms with E-state index >= 15 is 0 Å². The van der Waals surface area contributed by atoms with Crippen molar-refractivity contribution >= 4 is 46.4 Å². The molecule has 5 atom stereocenters. The van der Waals surface area contributed by atoms with Crippen molar-refractivity contribution < 1.29 is 52.2 Å². The second-order valence-corrected chi connectivity index (χ2v) is 13.4. The van der Waals surface area contributed by atoms with Gasteiger partial charge in [-0.2, -0.15) is 13.2 Å².